The number of ketones is 2. The molecule has 0 saturated carbocycles. The van der Waals surface area contributed by atoms with Gasteiger partial charge in [0.25, 0.3) is 5.78 Å². The van der Waals surface area contributed by atoms with E-state index in [4.69, 9.17) is 0 Å². The molecule has 0 bridgehead atoms. The molecular formula is C17H14N2O4. The van der Waals surface area contributed by atoms with Crippen molar-refractivity contribution in [3.05, 3.63) is 66.2 Å². The van der Waals surface area contributed by atoms with Crippen molar-refractivity contribution in [3.63, 3.8) is 0 Å². The fourth-order valence-corrected chi connectivity index (χ4v) is 1.75. The number of benzene rings is 2. The number of hydrogen-bond acceptors (Lipinski definition) is 6. The van der Waals surface area contributed by atoms with Gasteiger partial charge in [-0.1, -0.05) is 48.5 Å². The van der Waals surface area contributed by atoms with Crippen LogP contribution in [0.2, 0.25) is 0 Å². The predicted octanol–water partition coefficient (Wildman–Crippen LogP) is 2.08. The van der Waals surface area contributed by atoms with Crippen molar-refractivity contribution in [2.24, 2.45) is 5.10 Å². The average Bonchev–Trinajstić information content (AvgIpc) is 2.62. The van der Waals surface area contributed by atoms with E-state index in [1.807, 2.05) is 6.07 Å². The molecule has 0 saturated heterocycles. The molecule has 0 aliphatic heterocycles. The maximum absolute atomic E-state index is 12.4. The minimum Gasteiger partial charge on any atom is -0.463 e. The van der Waals surface area contributed by atoms with Crippen LogP contribution < -0.4 is 5.43 Å². The summed E-state index contributed by atoms with van der Waals surface area (Å²) in [6.07, 6.45) is 0. The summed E-state index contributed by atoms with van der Waals surface area (Å²) in [6, 6.07) is 16.8. The molecule has 2 aromatic rings. The van der Waals surface area contributed by atoms with E-state index < -0.39 is 23.2 Å². The Morgan fingerprint density at radius 1 is 0.913 bits per heavy atom. The van der Waals surface area contributed by atoms with Crippen LogP contribution in [0, 0.1) is 0 Å². The van der Waals surface area contributed by atoms with Gasteiger partial charge in [-0.2, -0.15) is 5.10 Å². The summed E-state index contributed by atoms with van der Waals surface area (Å²) in [5.74, 6) is -2.92. The summed E-state index contributed by atoms with van der Waals surface area (Å²) in [5, 5.41) is 3.81. The molecule has 0 heterocycles. The third-order valence-corrected chi connectivity index (χ3v) is 2.91. The molecular weight excluding hydrogens is 296 g/mol. The minimum atomic E-state index is -1.15. The first kappa shape index (κ1) is 16.1. The Morgan fingerprint density at radius 2 is 1.48 bits per heavy atom. The Hall–Kier alpha value is -3.28. The molecule has 0 unspecified atom stereocenters. The number of esters is 1. The number of hydrazone groups is 1. The Kier molecular flexibility index (Phi) is 5.35. The van der Waals surface area contributed by atoms with E-state index in [0.29, 0.717) is 5.69 Å². The van der Waals surface area contributed by atoms with Gasteiger partial charge in [0, 0.05) is 5.56 Å². The first-order valence-electron chi connectivity index (χ1n) is 6.74. The SMILES string of the molecule is COC(=O)C(=O)C(=NNc1ccccc1)C(=O)c1ccccc1. The first-order valence-corrected chi connectivity index (χ1v) is 6.74. The van der Waals surface area contributed by atoms with Gasteiger partial charge in [0.2, 0.25) is 5.78 Å². The zero-order valence-electron chi connectivity index (χ0n) is 12.4. The molecule has 0 aromatic heterocycles. The lowest BCUT2D eigenvalue weighted by atomic mass is 10.0. The minimum absolute atomic E-state index is 0.248. The highest BCUT2D eigenvalue weighted by Gasteiger charge is 2.28. The van der Waals surface area contributed by atoms with Crippen molar-refractivity contribution in [2.45, 2.75) is 0 Å². The van der Waals surface area contributed by atoms with Crippen molar-refractivity contribution in [1.82, 2.24) is 0 Å². The van der Waals surface area contributed by atoms with Crippen LogP contribution >= 0.6 is 0 Å². The van der Waals surface area contributed by atoms with E-state index in [1.54, 1.807) is 42.5 Å². The molecule has 2 rings (SSSR count). The van der Waals surface area contributed by atoms with Crippen LogP contribution in [-0.2, 0) is 14.3 Å². The van der Waals surface area contributed by atoms with E-state index >= 15 is 0 Å². The number of nitrogens with zero attached hydrogens (tertiary/aromatic N) is 1. The highest BCUT2D eigenvalue weighted by molar-refractivity contribution is 6.80. The Labute approximate surface area is 132 Å². The largest absolute Gasteiger partial charge is 0.463 e. The molecule has 0 radical (unpaired) electrons. The summed E-state index contributed by atoms with van der Waals surface area (Å²) in [5.41, 5.74) is 2.88. The van der Waals surface area contributed by atoms with Gasteiger partial charge < -0.3 is 4.74 Å². The Balaban J connectivity index is 2.33. The summed E-state index contributed by atoms with van der Waals surface area (Å²) in [4.78, 5) is 35.9. The smallest absolute Gasteiger partial charge is 0.381 e. The topological polar surface area (TPSA) is 84.8 Å². The van der Waals surface area contributed by atoms with E-state index in [1.165, 1.54) is 12.1 Å². The van der Waals surface area contributed by atoms with Gasteiger partial charge in [-0.3, -0.25) is 15.0 Å². The van der Waals surface area contributed by atoms with Crippen LogP contribution in [-0.4, -0.2) is 30.4 Å². The van der Waals surface area contributed by atoms with Crippen LogP contribution in [0.15, 0.2) is 65.8 Å². The van der Waals surface area contributed by atoms with E-state index in [9.17, 15) is 14.4 Å². The molecule has 116 valence electrons. The van der Waals surface area contributed by atoms with Crippen molar-refractivity contribution >= 4 is 28.9 Å². The second-order valence-corrected chi connectivity index (χ2v) is 4.45. The second-order valence-electron chi connectivity index (χ2n) is 4.45. The number of hydrogen-bond donors (Lipinski definition) is 1. The normalized spacial score (nSPS) is 10.7. The number of Topliss-reactive ketones (excluding diaryl/α,β-unsaturated/α-hetero) is 2. The molecule has 2 aromatic carbocycles. The van der Waals surface area contributed by atoms with Gasteiger partial charge in [0.1, 0.15) is 0 Å². The lowest BCUT2D eigenvalue weighted by Crippen LogP contribution is -2.32. The fourth-order valence-electron chi connectivity index (χ4n) is 1.75. The van der Waals surface area contributed by atoms with Crippen molar-refractivity contribution in [3.8, 4) is 0 Å². The molecule has 0 amide bonds. The maximum atomic E-state index is 12.4. The van der Waals surface area contributed by atoms with Gasteiger partial charge in [0.05, 0.1) is 12.8 Å². The number of anilines is 1. The first-order chi connectivity index (χ1) is 11.1. The number of rotatable bonds is 6. The zero-order valence-corrected chi connectivity index (χ0v) is 12.4. The molecule has 1 N–H and O–H groups in total. The number of carbonyl (C=O) groups excluding carboxylic acids is 3. The quantitative estimate of drug-likeness (QED) is 0.220. The number of ether oxygens (including phenoxy) is 1. The number of methoxy groups -OCH3 is 1. The summed E-state index contributed by atoms with van der Waals surface area (Å²) >= 11 is 0. The lowest BCUT2D eigenvalue weighted by molar-refractivity contribution is -0.148. The standard InChI is InChI=1S/C17H14N2O4/c1-23-17(22)16(21)14(15(20)12-8-4-2-5-9-12)19-18-13-10-6-3-7-11-13/h2-11,18H,1H3. The van der Waals surface area contributed by atoms with Crippen molar-refractivity contribution in [1.29, 1.82) is 0 Å². The van der Waals surface area contributed by atoms with E-state index in [2.05, 4.69) is 15.3 Å². The van der Waals surface area contributed by atoms with Crippen LogP contribution in [0.1, 0.15) is 10.4 Å². The van der Waals surface area contributed by atoms with Gasteiger partial charge in [-0.15, -0.1) is 0 Å². The number of para-hydroxylation sites is 1. The molecule has 23 heavy (non-hydrogen) atoms. The molecule has 6 heteroatoms. The predicted molar refractivity (Wildman–Crippen MR) is 85.3 cm³/mol. The van der Waals surface area contributed by atoms with Gasteiger partial charge in [-0.05, 0) is 12.1 Å². The monoisotopic (exact) mass is 310 g/mol. The Bertz CT molecular complexity index is 740. The molecule has 6 nitrogen and oxygen atoms in total. The van der Waals surface area contributed by atoms with Crippen molar-refractivity contribution in [2.75, 3.05) is 12.5 Å². The van der Waals surface area contributed by atoms with Crippen LogP contribution in [0.4, 0.5) is 5.69 Å². The number of carbonyl (C=O) groups is 3. The second kappa shape index (κ2) is 7.65. The maximum Gasteiger partial charge on any atom is 0.381 e. The van der Waals surface area contributed by atoms with Gasteiger partial charge in [-0.25, -0.2) is 4.79 Å². The average molecular weight is 310 g/mol. The molecule has 0 spiro atoms. The lowest BCUT2D eigenvalue weighted by Gasteiger charge is -2.05. The van der Waals surface area contributed by atoms with Crippen LogP contribution in [0.3, 0.4) is 0 Å². The molecule has 0 aliphatic rings. The summed E-state index contributed by atoms with van der Waals surface area (Å²) in [7, 11) is 1.06. The van der Waals surface area contributed by atoms with E-state index in [-0.39, 0.29) is 5.56 Å². The molecule has 0 aliphatic carbocycles. The highest BCUT2D eigenvalue weighted by atomic mass is 16.5. The van der Waals surface area contributed by atoms with Crippen LogP contribution in [0.5, 0.6) is 0 Å². The van der Waals surface area contributed by atoms with Crippen LogP contribution in [0.25, 0.3) is 0 Å². The highest BCUT2D eigenvalue weighted by Crippen LogP contribution is 2.07. The summed E-state index contributed by atoms with van der Waals surface area (Å²) in [6.45, 7) is 0. The third kappa shape index (κ3) is 4.10. The molecule has 0 fully saturated rings. The van der Waals surface area contributed by atoms with Gasteiger partial charge >= 0.3 is 5.97 Å². The molecule has 0 atom stereocenters. The third-order valence-electron chi connectivity index (χ3n) is 2.91. The van der Waals surface area contributed by atoms with Crippen molar-refractivity contribution < 1.29 is 19.1 Å². The fraction of sp³-hybridized carbons (Fsp3) is 0.0588. The number of nitrogens with one attached hydrogen (secondary N) is 1. The summed E-state index contributed by atoms with van der Waals surface area (Å²) < 4.78 is 4.38. The van der Waals surface area contributed by atoms with E-state index in [0.717, 1.165) is 7.11 Å². The zero-order chi connectivity index (χ0) is 16.7. The Morgan fingerprint density at radius 3 is 2.04 bits per heavy atom. The van der Waals surface area contributed by atoms with Gasteiger partial charge in [0.15, 0.2) is 5.71 Å².